The molecule has 10 heteroatoms. The van der Waals surface area contributed by atoms with Crippen LogP contribution in [-0.2, 0) is 10.0 Å². The molecule has 0 aliphatic carbocycles. The van der Waals surface area contributed by atoms with Gasteiger partial charge >= 0.3 is 0 Å². The van der Waals surface area contributed by atoms with Crippen LogP contribution in [0.3, 0.4) is 0 Å². The van der Waals surface area contributed by atoms with Crippen molar-refractivity contribution >= 4 is 38.2 Å². The lowest BCUT2D eigenvalue weighted by atomic mass is 10.2. The summed E-state index contributed by atoms with van der Waals surface area (Å²) in [5.74, 6) is 1.28. The Morgan fingerprint density at radius 1 is 0.912 bits per heavy atom. The number of aromatic amines is 1. The summed E-state index contributed by atoms with van der Waals surface area (Å²) >= 11 is 0. The van der Waals surface area contributed by atoms with Crippen molar-refractivity contribution in [3.05, 3.63) is 72.4 Å². The Balaban J connectivity index is 1.27. The van der Waals surface area contributed by atoms with E-state index in [1.165, 1.54) is 12.1 Å². The Morgan fingerprint density at radius 3 is 2.41 bits per heavy atom. The fourth-order valence-corrected chi connectivity index (χ4v) is 4.65. The van der Waals surface area contributed by atoms with Gasteiger partial charge in [-0.15, -0.1) is 0 Å². The number of hydrogen-bond donors (Lipinski definition) is 3. The Kier molecular flexibility index (Phi) is 5.50. The number of hydrogen-bond acceptors (Lipinski definition) is 6. The van der Waals surface area contributed by atoms with Crippen molar-refractivity contribution in [2.24, 2.45) is 0 Å². The highest BCUT2D eigenvalue weighted by atomic mass is 32.2. The van der Waals surface area contributed by atoms with Gasteiger partial charge in [0, 0.05) is 34.4 Å². The normalized spacial score (nSPS) is 12.9. The highest BCUT2D eigenvalue weighted by Crippen LogP contribution is 2.33. The number of H-pyrrole nitrogens is 1. The number of carbonyl (C=O) groups is 1. The van der Waals surface area contributed by atoms with Crippen LogP contribution in [0.15, 0.2) is 71.6 Å². The minimum absolute atomic E-state index is 0.0598. The number of anilines is 2. The molecule has 1 aromatic heterocycles. The summed E-state index contributed by atoms with van der Waals surface area (Å²) in [5, 5.41) is 3.68. The van der Waals surface area contributed by atoms with Gasteiger partial charge in [0.2, 0.25) is 0 Å². The average Bonchev–Trinajstić information content (AvgIpc) is 3.28. The van der Waals surface area contributed by atoms with E-state index in [0.29, 0.717) is 47.5 Å². The first-order chi connectivity index (χ1) is 16.4. The molecule has 0 bridgehead atoms. The van der Waals surface area contributed by atoms with Crippen LogP contribution in [-0.4, -0.2) is 39.6 Å². The number of fused-ring (bicyclic) bond motifs is 2. The topological polar surface area (TPSA) is 119 Å². The maximum Gasteiger partial charge on any atom is 0.272 e. The van der Waals surface area contributed by atoms with E-state index in [4.69, 9.17) is 14.2 Å². The molecule has 1 amide bonds. The third-order valence-electron chi connectivity index (χ3n) is 5.29. The van der Waals surface area contributed by atoms with E-state index < -0.39 is 10.0 Å². The van der Waals surface area contributed by atoms with E-state index in [-0.39, 0.29) is 10.8 Å². The molecule has 9 nitrogen and oxygen atoms in total. The lowest BCUT2D eigenvalue weighted by Gasteiger charge is -2.19. The number of aromatic nitrogens is 1. The van der Waals surface area contributed by atoms with Crippen LogP contribution in [0.4, 0.5) is 11.4 Å². The number of ether oxygens (including phenoxy) is 3. The number of benzene rings is 3. The minimum Gasteiger partial charge on any atom is -0.497 e. The van der Waals surface area contributed by atoms with Crippen LogP contribution in [0.25, 0.3) is 10.9 Å². The second-order valence-electron chi connectivity index (χ2n) is 7.58. The second-order valence-corrected chi connectivity index (χ2v) is 9.26. The Hall–Kier alpha value is -4.18. The summed E-state index contributed by atoms with van der Waals surface area (Å²) in [6.07, 6.45) is 0. The summed E-state index contributed by atoms with van der Waals surface area (Å²) < 4.78 is 44.2. The second kappa shape index (κ2) is 8.64. The Labute approximate surface area is 195 Å². The zero-order valence-electron chi connectivity index (χ0n) is 18.1. The zero-order valence-corrected chi connectivity index (χ0v) is 18.9. The maximum absolute atomic E-state index is 12.8. The van der Waals surface area contributed by atoms with Gasteiger partial charge in [0.1, 0.15) is 24.7 Å². The van der Waals surface area contributed by atoms with E-state index in [9.17, 15) is 13.2 Å². The van der Waals surface area contributed by atoms with Crippen molar-refractivity contribution in [1.29, 1.82) is 0 Å². The minimum atomic E-state index is -3.83. The average molecular weight is 480 g/mol. The third kappa shape index (κ3) is 4.35. The smallest absolute Gasteiger partial charge is 0.272 e. The molecule has 0 radical (unpaired) electrons. The number of sulfonamides is 1. The fourth-order valence-electron chi connectivity index (χ4n) is 3.58. The highest BCUT2D eigenvalue weighted by molar-refractivity contribution is 7.92. The van der Waals surface area contributed by atoms with Gasteiger partial charge in [0.05, 0.1) is 12.0 Å². The molecule has 174 valence electrons. The molecule has 2 heterocycles. The Morgan fingerprint density at radius 2 is 1.65 bits per heavy atom. The molecule has 4 aromatic rings. The van der Waals surface area contributed by atoms with Gasteiger partial charge in [0.25, 0.3) is 15.9 Å². The van der Waals surface area contributed by atoms with Crippen molar-refractivity contribution < 1.29 is 27.4 Å². The van der Waals surface area contributed by atoms with E-state index in [0.717, 1.165) is 10.9 Å². The molecule has 34 heavy (non-hydrogen) atoms. The van der Waals surface area contributed by atoms with E-state index >= 15 is 0 Å². The quantitative estimate of drug-likeness (QED) is 0.385. The van der Waals surface area contributed by atoms with Crippen LogP contribution in [0.5, 0.6) is 17.2 Å². The largest absolute Gasteiger partial charge is 0.497 e. The van der Waals surface area contributed by atoms with Crippen LogP contribution >= 0.6 is 0 Å². The highest BCUT2D eigenvalue weighted by Gasteiger charge is 2.19. The number of amides is 1. The van der Waals surface area contributed by atoms with Crippen molar-refractivity contribution in [1.82, 2.24) is 4.98 Å². The number of nitrogens with one attached hydrogen (secondary N) is 3. The summed E-state index contributed by atoms with van der Waals surface area (Å²) in [4.78, 5) is 15.8. The molecular formula is C24H21N3O6S. The standard InChI is InChI=1S/C24H21N3O6S/c1-31-18-7-2-15-12-21(26-20(15)13-18)24(28)25-16-3-5-17(6-4-16)27-34(29,30)19-8-9-22-23(14-19)33-11-10-32-22/h2-9,12-14,26-27H,10-11H2,1H3,(H,25,28). The van der Waals surface area contributed by atoms with E-state index in [1.54, 1.807) is 43.5 Å². The molecule has 5 rings (SSSR count). The SMILES string of the molecule is COc1ccc2cc(C(=O)Nc3ccc(NS(=O)(=O)c4ccc5c(c4)OCCO5)cc3)[nH]c2c1. The predicted molar refractivity (Wildman–Crippen MR) is 127 cm³/mol. The van der Waals surface area contributed by atoms with Crippen molar-refractivity contribution in [2.45, 2.75) is 4.90 Å². The number of methoxy groups -OCH3 is 1. The summed E-state index contributed by atoms with van der Waals surface area (Å²) in [7, 11) is -2.25. The van der Waals surface area contributed by atoms with Crippen molar-refractivity contribution in [3.63, 3.8) is 0 Å². The van der Waals surface area contributed by atoms with Gasteiger partial charge in [-0.25, -0.2) is 8.42 Å². The van der Waals surface area contributed by atoms with Gasteiger partial charge in [0.15, 0.2) is 11.5 Å². The maximum atomic E-state index is 12.8. The Bertz CT molecular complexity index is 1480. The molecule has 1 aliphatic rings. The number of carbonyl (C=O) groups excluding carboxylic acids is 1. The van der Waals surface area contributed by atoms with Gasteiger partial charge in [-0.2, -0.15) is 0 Å². The van der Waals surface area contributed by atoms with Crippen LogP contribution in [0.1, 0.15) is 10.5 Å². The zero-order chi connectivity index (χ0) is 23.7. The summed E-state index contributed by atoms with van der Waals surface area (Å²) in [6, 6.07) is 18.1. The van der Waals surface area contributed by atoms with Gasteiger partial charge in [-0.05, 0) is 54.6 Å². The third-order valence-corrected chi connectivity index (χ3v) is 6.67. The number of rotatable bonds is 6. The molecule has 0 atom stereocenters. The van der Waals surface area contributed by atoms with E-state index in [1.807, 2.05) is 18.2 Å². The van der Waals surface area contributed by atoms with Crippen LogP contribution < -0.4 is 24.2 Å². The van der Waals surface area contributed by atoms with Gasteiger partial charge < -0.3 is 24.5 Å². The first kappa shape index (κ1) is 21.7. The predicted octanol–water partition coefficient (Wildman–Crippen LogP) is 4.00. The lowest BCUT2D eigenvalue weighted by molar-refractivity contribution is 0.102. The van der Waals surface area contributed by atoms with Crippen LogP contribution in [0.2, 0.25) is 0 Å². The first-order valence-corrected chi connectivity index (χ1v) is 11.9. The summed E-state index contributed by atoms with van der Waals surface area (Å²) in [5.41, 5.74) is 2.05. The van der Waals surface area contributed by atoms with Gasteiger partial charge in [-0.3, -0.25) is 9.52 Å². The van der Waals surface area contributed by atoms with Crippen molar-refractivity contribution in [3.8, 4) is 17.2 Å². The summed E-state index contributed by atoms with van der Waals surface area (Å²) in [6.45, 7) is 0.791. The first-order valence-electron chi connectivity index (χ1n) is 10.4. The molecule has 0 spiro atoms. The molecule has 0 fully saturated rings. The lowest BCUT2D eigenvalue weighted by Crippen LogP contribution is -2.17. The molecule has 3 N–H and O–H groups in total. The molecule has 3 aromatic carbocycles. The van der Waals surface area contributed by atoms with Gasteiger partial charge in [-0.1, -0.05) is 0 Å². The van der Waals surface area contributed by atoms with Crippen LogP contribution in [0, 0.1) is 0 Å². The fraction of sp³-hybridized carbons (Fsp3) is 0.125. The van der Waals surface area contributed by atoms with Crippen molar-refractivity contribution in [2.75, 3.05) is 30.4 Å². The molecule has 0 saturated heterocycles. The monoisotopic (exact) mass is 479 g/mol. The van der Waals surface area contributed by atoms with E-state index in [2.05, 4.69) is 15.0 Å². The molecule has 0 unspecified atom stereocenters. The molecule has 0 saturated carbocycles. The molecule has 1 aliphatic heterocycles. The molecular weight excluding hydrogens is 458 g/mol.